The summed E-state index contributed by atoms with van der Waals surface area (Å²) < 4.78 is 5.35. The van der Waals surface area contributed by atoms with Crippen LogP contribution in [0, 0.1) is 11.3 Å². The summed E-state index contributed by atoms with van der Waals surface area (Å²) in [6.07, 6.45) is 2.86. The first-order chi connectivity index (χ1) is 7.79. The fourth-order valence-electron chi connectivity index (χ4n) is 1.10. The summed E-state index contributed by atoms with van der Waals surface area (Å²) >= 11 is 0. The number of aromatic nitrogens is 2. The van der Waals surface area contributed by atoms with E-state index in [2.05, 4.69) is 9.97 Å². The van der Waals surface area contributed by atoms with Gasteiger partial charge in [0, 0.05) is 12.4 Å². The van der Waals surface area contributed by atoms with Crippen molar-refractivity contribution in [2.24, 2.45) is 0 Å². The van der Waals surface area contributed by atoms with Crippen LogP contribution in [0.25, 0.3) is 0 Å². The van der Waals surface area contributed by atoms with Gasteiger partial charge in [0.1, 0.15) is 17.6 Å². The molecule has 0 saturated heterocycles. The SMILES string of the molecule is N#Cc1nccnc1Oc1ccc(O)cc1. The number of phenolic OH excluding ortho intramolecular Hbond substituents is 1. The second-order valence-electron chi connectivity index (χ2n) is 2.92. The zero-order valence-electron chi connectivity index (χ0n) is 8.16. The van der Waals surface area contributed by atoms with Crippen LogP contribution in [0.3, 0.4) is 0 Å². The Kier molecular flexibility index (Phi) is 2.65. The molecule has 1 aromatic carbocycles. The topological polar surface area (TPSA) is 79.0 Å². The van der Waals surface area contributed by atoms with Gasteiger partial charge in [0.2, 0.25) is 5.69 Å². The van der Waals surface area contributed by atoms with Crippen molar-refractivity contribution >= 4 is 0 Å². The maximum atomic E-state index is 9.09. The van der Waals surface area contributed by atoms with E-state index in [9.17, 15) is 0 Å². The number of nitriles is 1. The van der Waals surface area contributed by atoms with Crippen molar-refractivity contribution in [3.63, 3.8) is 0 Å². The van der Waals surface area contributed by atoms with Crippen LogP contribution in [0.2, 0.25) is 0 Å². The van der Waals surface area contributed by atoms with Crippen molar-refractivity contribution in [1.29, 1.82) is 5.26 Å². The van der Waals surface area contributed by atoms with Crippen LogP contribution in [-0.2, 0) is 0 Å². The van der Waals surface area contributed by atoms with Crippen LogP contribution < -0.4 is 4.74 Å². The van der Waals surface area contributed by atoms with Crippen LogP contribution in [0.15, 0.2) is 36.7 Å². The minimum absolute atomic E-state index is 0.121. The standard InChI is InChI=1S/C11H7N3O2/c12-7-10-11(14-6-5-13-10)16-9-3-1-8(15)2-4-9/h1-6,15H. The molecule has 1 N–H and O–H groups in total. The van der Waals surface area contributed by atoms with Crippen molar-refractivity contribution in [3.05, 3.63) is 42.4 Å². The van der Waals surface area contributed by atoms with Crippen LogP contribution in [-0.4, -0.2) is 15.1 Å². The third-order valence-electron chi connectivity index (χ3n) is 1.82. The van der Waals surface area contributed by atoms with E-state index in [0.29, 0.717) is 5.75 Å². The van der Waals surface area contributed by atoms with Gasteiger partial charge >= 0.3 is 0 Å². The lowest BCUT2D eigenvalue weighted by Crippen LogP contribution is -1.93. The molecule has 1 aromatic heterocycles. The third-order valence-corrected chi connectivity index (χ3v) is 1.82. The van der Waals surface area contributed by atoms with E-state index in [-0.39, 0.29) is 17.3 Å². The average molecular weight is 213 g/mol. The molecule has 78 valence electrons. The Bertz CT molecular complexity index is 532. The van der Waals surface area contributed by atoms with Gasteiger partial charge in [-0.05, 0) is 24.3 Å². The first-order valence-corrected chi connectivity index (χ1v) is 4.47. The number of ether oxygens (including phenoxy) is 1. The number of aromatic hydroxyl groups is 1. The van der Waals surface area contributed by atoms with Crippen LogP contribution >= 0.6 is 0 Å². The van der Waals surface area contributed by atoms with Gasteiger partial charge in [-0.1, -0.05) is 0 Å². The number of hydrogen-bond donors (Lipinski definition) is 1. The molecule has 0 aliphatic heterocycles. The Hall–Kier alpha value is -2.61. The van der Waals surface area contributed by atoms with Gasteiger partial charge in [-0.3, -0.25) is 0 Å². The highest BCUT2D eigenvalue weighted by atomic mass is 16.5. The van der Waals surface area contributed by atoms with E-state index in [1.807, 2.05) is 6.07 Å². The highest BCUT2D eigenvalue weighted by molar-refractivity contribution is 5.36. The number of nitrogens with zero attached hydrogens (tertiary/aromatic N) is 3. The van der Waals surface area contributed by atoms with E-state index in [0.717, 1.165) is 0 Å². The van der Waals surface area contributed by atoms with Crippen molar-refractivity contribution < 1.29 is 9.84 Å². The number of phenols is 1. The maximum absolute atomic E-state index is 9.09. The van der Waals surface area contributed by atoms with Gasteiger partial charge < -0.3 is 9.84 Å². The second kappa shape index (κ2) is 4.28. The van der Waals surface area contributed by atoms with Gasteiger partial charge in [-0.15, -0.1) is 0 Å². The monoisotopic (exact) mass is 213 g/mol. The van der Waals surface area contributed by atoms with E-state index in [4.69, 9.17) is 15.1 Å². The molecule has 2 rings (SSSR count). The van der Waals surface area contributed by atoms with E-state index in [1.54, 1.807) is 12.1 Å². The molecule has 0 amide bonds. The summed E-state index contributed by atoms with van der Waals surface area (Å²) in [5, 5.41) is 17.9. The quantitative estimate of drug-likeness (QED) is 0.823. The van der Waals surface area contributed by atoms with Crippen molar-refractivity contribution in [3.8, 4) is 23.4 Å². The zero-order valence-corrected chi connectivity index (χ0v) is 8.16. The normalized spacial score (nSPS) is 9.44. The van der Waals surface area contributed by atoms with Crippen molar-refractivity contribution in [2.45, 2.75) is 0 Å². The molecule has 5 nitrogen and oxygen atoms in total. The highest BCUT2D eigenvalue weighted by Crippen LogP contribution is 2.22. The molecule has 0 radical (unpaired) electrons. The van der Waals surface area contributed by atoms with Gasteiger partial charge in [-0.25, -0.2) is 9.97 Å². The molecule has 0 fully saturated rings. The van der Waals surface area contributed by atoms with Crippen molar-refractivity contribution in [1.82, 2.24) is 9.97 Å². The highest BCUT2D eigenvalue weighted by Gasteiger charge is 2.06. The second-order valence-corrected chi connectivity index (χ2v) is 2.92. The summed E-state index contributed by atoms with van der Waals surface area (Å²) in [5.74, 6) is 0.775. The molecule has 0 atom stereocenters. The van der Waals surface area contributed by atoms with Crippen LogP contribution in [0.1, 0.15) is 5.69 Å². The molecule has 5 heteroatoms. The molecule has 0 spiro atoms. The summed E-state index contributed by atoms with van der Waals surface area (Å²) in [5.41, 5.74) is 0.121. The Morgan fingerprint density at radius 3 is 2.50 bits per heavy atom. The number of rotatable bonds is 2. The molecule has 0 aliphatic carbocycles. The van der Waals surface area contributed by atoms with Crippen LogP contribution in [0.4, 0.5) is 0 Å². The fraction of sp³-hybridized carbons (Fsp3) is 0. The predicted molar refractivity (Wildman–Crippen MR) is 54.9 cm³/mol. The molecule has 1 heterocycles. The minimum Gasteiger partial charge on any atom is -0.508 e. The molecular formula is C11H7N3O2. The molecular weight excluding hydrogens is 206 g/mol. The molecule has 0 unspecified atom stereocenters. The van der Waals surface area contributed by atoms with E-state index >= 15 is 0 Å². The summed E-state index contributed by atoms with van der Waals surface area (Å²) in [6.45, 7) is 0. The van der Waals surface area contributed by atoms with Crippen LogP contribution in [0.5, 0.6) is 17.4 Å². The average Bonchev–Trinajstić information content (AvgIpc) is 2.33. The third kappa shape index (κ3) is 2.07. The molecule has 16 heavy (non-hydrogen) atoms. The summed E-state index contributed by atoms with van der Waals surface area (Å²) in [4.78, 5) is 7.71. The predicted octanol–water partition coefficient (Wildman–Crippen LogP) is 1.85. The zero-order chi connectivity index (χ0) is 11.4. The summed E-state index contributed by atoms with van der Waals surface area (Å²) in [6, 6.07) is 8.00. The van der Waals surface area contributed by atoms with E-state index in [1.165, 1.54) is 24.5 Å². The lowest BCUT2D eigenvalue weighted by Gasteiger charge is -2.04. The maximum Gasteiger partial charge on any atom is 0.256 e. The molecule has 0 saturated carbocycles. The summed E-state index contributed by atoms with van der Waals surface area (Å²) in [7, 11) is 0. The molecule has 2 aromatic rings. The first-order valence-electron chi connectivity index (χ1n) is 4.47. The molecule has 0 bridgehead atoms. The van der Waals surface area contributed by atoms with Gasteiger partial charge in [0.05, 0.1) is 0 Å². The minimum atomic E-state index is 0.121. The van der Waals surface area contributed by atoms with Crippen molar-refractivity contribution in [2.75, 3.05) is 0 Å². The molecule has 0 aliphatic rings. The van der Waals surface area contributed by atoms with Gasteiger partial charge in [-0.2, -0.15) is 5.26 Å². The Balaban J connectivity index is 2.27. The Labute approximate surface area is 91.6 Å². The lowest BCUT2D eigenvalue weighted by atomic mass is 10.3. The lowest BCUT2D eigenvalue weighted by molar-refractivity contribution is 0.450. The Morgan fingerprint density at radius 2 is 1.81 bits per heavy atom. The van der Waals surface area contributed by atoms with Gasteiger partial charge in [0.25, 0.3) is 5.88 Å². The fourth-order valence-corrected chi connectivity index (χ4v) is 1.10. The smallest absolute Gasteiger partial charge is 0.256 e. The largest absolute Gasteiger partial charge is 0.508 e. The first kappa shape index (κ1) is 9.93. The van der Waals surface area contributed by atoms with E-state index < -0.39 is 0 Å². The Morgan fingerprint density at radius 1 is 1.12 bits per heavy atom. The number of benzene rings is 1. The number of hydrogen-bond acceptors (Lipinski definition) is 5. The van der Waals surface area contributed by atoms with Gasteiger partial charge in [0.15, 0.2) is 0 Å².